The van der Waals surface area contributed by atoms with Crippen molar-refractivity contribution >= 4 is 45.9 Å². The van der Waals surface area contributed by atoms with Crippen molar-refractivity contribution in [2.45, 2.75) is 12.3 Å². The van der Waals surface area contributed by atoms with Crippen LogP contribution in [0.3, 0.4) is 0 Å². The Morgan fingerprint density at radius 2 is 2.16 bits per heavy atom. The van der Waals surface area contributed by atoms with Crippen LogP contribution in [0.2, 0.25) is 5.02 Å². The lowest BCUT2D eigenvalue weighted by Gasteiger charge is -2.09. The van der Waals surface area contributed by atoms with Crippen LogP contribution in [0, 0.1) is 0 Å². The van der Waals surface area contributed by atoms with E-state index in [2.05, 4.69) is 16.2 Å². The molecule has 0 fully saturated rings. The summed E-state index contributed by atoms with van der Waals surface area (Å²) in [6, 6.07) is 5.48. The van der Waals surface area contributed by atoms with Crippen molar-refractivity contribution in [1.29, 1.82) is 0 Å². The number of fused-ring (bicyclic) bond motifs is 1. The van der Waals surface area contributed by atoms with Crippen molar-refractivity contribution in [2.75, 3.05) is 18.6 Å². The number of alkyl halides is 1. The SMILES string of the molecule is CSCCCOc1nc(CCl)nc2cc(Cl)ccc12. The van der Waals surface area contributed by atoms with Crippen LogP contribution in [0.15, 0.2) is 18.2 Å². The molecule has 0 spiro atoms. The molecule has 0 aliphatic heterocycles. The van der Waals surface area contributed by atoms with Crippen LogP contribution in [-0.2, 0) is 5.88 Å². The molecule has 0 saturated carbocycles. The zero-order valence-electron chi connectivity index (χ0n) is 10.5. The highest BCUT2D eigenvalue weighted by atomic mass is 35.5. The van der Waals surface area contributed by atoms with Crippen molar-refractivity contribution in [2.24, 2.45) is 0 Å². The second kappa shape index (κ2) is 7.17. The molecule has 0 radical (unpaired) electrons. The Kier molecular flexibility index (Phi) is 5.55. The van der Waals surface area contributed by atoms with Gasteiger partial charge in [0, 0.05) is 5.02 Å². The number of hydrogen-bond acceptors (Lipinski definition) is 4. The first-order chi connectivity index (χ1) is 9.24. The molecule has 1 aromatic carbocycles. The fraction of sp³-hybridized carbons (Fsp3) is 0.385. The molecule has 0 bridgehead atoms. The molecule has 0 aliphatic carbocycles. The highest BCUT2D eigenvalue weighted by molar-refractivity contribution is 7.98. The minimum absolute atomic E-state index is 0.254. The number of halogens is 2. The van der Waals surface area contributed by atoms with Gasteiger partial charge in [0.05, 0.1) is 23.4 Å². The van der Waals surface area contributed by atoms with Crippen LogP contribution in [0.25, 0.3) is 10.9 Å². The van der Waals surface area contributed by atoms with Gasteiger partial charge in [-0.25, -0.2) is 4.98 Å². The molecule has 0 N–H and O–H groups in total. The third-order valence-corrected chi connectivity index (χ3v) is 3.69. The fourth-order valence-corrected chi connectivity index (χ4v) is 2.35. The second-order valence-corrected chi connectivity index (χ2v) is 5.62. The van der Waals surface area contributed by atoms with Gasteiger partial charge in [0.15, 0.2) is 0 Å². The van der Waals surface area contributed by atoms with Gasteiger partial charge in [-0.1, -0.05) is 11.6 Å². The third-order valence-electron chi connectivity index (χ3n) is 2.52. The Hall–Kier alpha value is -0.710. The van der Waals surface area contributed by atoms with E-state index in [-0.39, 0.29) is 5.88 Å². The molecule has 102 valence electrons. The maximum atomic E-state index is 5.98. The van der Waals surface area contributed by atoms with E-state index < -0.39 is 0 Å². The summed E-state index contributed by atoms with van der Waals surface area (Å²) in [5, 5.41) is 1.50. The average molecular weight is 317 g/mol. The van der Waals surface area contributed by atoms with Crippen LogP contribution in [-0.4, -0.2) is 28.6 Å². The Morgan fingerprint density at radius 1 is 1.32 bits per heavy atom. The van der Waals surface area contributed by atoms with E-state index >= 15 is 0 Å². The highest BCUT2D eigenvalue weighted by Gasteiger charge is 2.09. The standard InChI is InChI=1S/C13H14Cl2N2OS/c1-19-6-2-5-18-13-10-4-3-9(15)7-11(10)16-12(8-14)17-13/h3-4,7H,2,5-6,8H2,1H3. The second-order valence-electron chi connectivity index (χ2n) is 3.93. The summed E-state index contributed by atoms with van der Waals surface area (Å²) >= 11 is 13.6. The van der Waals surface area contributed by atoms with E-state index in [0.29, 0.717) is 23.3 Å². The number of rotatable bonds is 6. The van der Waals surface area contributed by atoms with Gasteiger partial charge < -0.3 is 4.74 Å². The maximum Gasteiger partial charge on any atom is 0.224 e. The molecule has 19 heavy (non-hydrogen) atoms. The number of ether oxygens (including phenoxy) is 1. The van der Waals surface area contributed by atoms with E-state index in [1.807, 2.05) is 12.1 Å². The van der Waals surface area contributed by atoms with E-state index in [1.165, 1.54) is 0 Å². The molecular formula is C13H14Cl2N2OS. The van der Waals surface area contributed by atoms with Gasteiger partial charge in [-0.15, -0.1) is 11.6 Å². The van der Waals surface area contributed by atoms with E-state index in [9.17, 15) is 0 Å². The van der Waals surface area contributed by atoms with Gasteiger partial charge >= 0.3 is 0 Å². The van der Waals surface area contributed by atoms with E-state index in [1.54, 1.807) is 17.8 Å². The number of nitrogens with zero attached hydrogens (tertiary/aromatic N) is 2. The molecule has 0 saturated heterocycles. The quantitative estimate of drug-likeness (QED) is 0.592. The molecule has 1 aromatic heterocycles. The van der Waals surface area contributed by atoms with Crippen LogP contribution in [0.4, 0.5) is 0 Å². The third kappa shape index (κ3) is 3.88. The normalized spacial score (nSPS) is 10.9. The van der Waals surface area contributed by atoms with Crippen molar-refractivity contribution in [3.05, 3.63) is 29.0 Å². The van der Waals surface area contributed by atoms with Crippen LogP contribution in [0.1, 0.15) is 12.2 Å². The van der Waals surface area contributed by atoms with Gasteiger partial charge in [0.2, 0.25) is 5.88 Å². The number of benzene rings is 1. The van der Waals surface area contributed by atoms with Crippen LogP contribution >= 0.6 is 35.0 Å². The van der Waals surface area contributed by atoms with Gasteiger partial charge in [0.25, 0.3) is 0 Å². The molecule has 6 heteroatoms. The summed E-state index contributed by atoms with van der Waals surface area (Å²) in [4.78, 5) is 8.68. The Bertz CT molecular complexity index is 566. The maximum absolute atomic E-state index is 5.98. The minimum Gasteiger partial charge on any atom is -0.477 e. The Labute approximate surface area is 126 Å². The van der Waals surface area contributed by atoms with Crippen LogP contribution < -0.4 is 4.74 Å². The minimum atomic E-state index is 0.254. The molecular weight excluding hydrogens is 303 g/mol. The lowest BCUT2D eigenvalue weighted by Crippen LogP contribution is -2.03. The Balaban J connectivity index is 2.29. The summed E-state index contributed by atoms with van der Waals surface area (Å²) in [5.74, 6) is 2.45. The topological polar surface area (TPSA) is 35.0 Å². The zero-order chi connectivity index (χ0) is 13.7. The number of thioether (sulfide) groups is 1. The first kappa shape index (κ1) is 14.7. The van der Waals surface area contributed by atoms with Gasteiger partial charge in [-0.05, 0) is 36.6 Å². The summed E-state index contributed by atoms with van der Waals surface area (Å²) < 4.78 is 5.74. The van der Waals surface area contributed by atoms with E-state index in [4.69, 9.17) is 27.9 Å². The summed E-state index contributed by atoms with van der Waals surface area (Å²) in [6.45, 7) is 0.636. The van der Waals surface area contributed by atoms with Crippen molar-refractivity contribution < 1.29 is 4.74 Å². The molecule has 2 rings (SSSR count). The number of hydrogen-bond donors (Lipinski definition) is 0. The van der Waals surface area contributed by atoms with Crippen molar-refractivity contribution in [3.8, 4) is 5.88 Å². The summed E-state index contributed by atoms with van der Waals surface area (Å²) in [5.41, 5.74) is 0.762. The monoisotopic (exact) mass is 316 g/mol. The van der Waals surface area contributed by atoms with Gasteiger partial charge in [0.1, 0.15) is 5.82 Å². The molecule has 3 nitrogen and oxygen atoms in total. The van der Waals surface area contributed by atoms with Gasteiger partial charge in [-0.2, -0.15) is 16.7 Å². The molecule has 0 amide bonds. The predicted molar refractivity (Wildman–Crippen MR) is 82.6 cm³/mol. The Morgan fingerprint density at radius 3 is 2.89 bits per heavy atom. The molecule has 0 unspecified atom stereocenters. The molecule has 0 atom stereocenters. The first-order valence-corrected chi connectivity index (χ1v) is 8.19. The lowest BCUT2D eigenvalue weighted by atomic mass is 10.2. The molecule has 2 aromatic rings. The van der Waals surface area contributed by atoms with E-state index in [0.717, 1.165) is 23.1 Å². The number of aromatic nitrogens is 2. The largest absolute Gasteiger partial charge is 0.477 e. The first-order valence-electron chi connectivity index (χ1n) is 5.88. The molecule has 0 aliphatic rings. The zero-order valence-corrected chi connectivity index (χ0v) is 12.9. The lowest BCUT2D eigenvalue weighted by molar-refractivity contribution is 0.309. The smallest absolute Gasteiger partial charge is 0.224 e. The summed E-state index contributed by atoms with van der Waals surface area (Å²) in [6.07, 6.45) is 3.06. The van der Waals surface area contributed by atoms with Crippen molar-refractivity contribution in [3.63, 3.8) is 0 Å². The van der Waals surface area contributed by atoms with Crippen LogP contribution in [0.5, 0.6) is 5.88 Å². The fourth-order valence-electron chi connectivity index (χ4n) is 1.66. The van der Waals surface area contributed by atoms with Gasteiger partial charge in [-0.3, -0.25) is 0 Å². The average Bonchev–Trinajstić information content (AvgIpc) is 2.42. The van der Waals surface area contributed by atoms with Crippen molar-refractivity contribution in [1.82, 2.24) is 9.97 Å². The molecule has 1 heterocycles. The summed E-state index contributed by atoms with van der Waals surface area (Å²) in [7, 11) is 0. The highest BCUT2D eigenvalue weighted by Crippen LogP contribution is 2.25. The predicted octanol–water partition coefficient (Wildman–Crippen LogP) is 4.15.